The Morgan fingerprint density at radius 1 is 1.38 bits per heavy atom. The molecule has 0 bridgehead atoms. The highest BCUT2D eigenvalue weighted by Gasteiger charge is 2.27. The summed E-state index contributed by atoms with van der Waals surface area (Å²) in [5, 5.41) is 13.1. The van der Waals surface area contributed by atoms with Crippen LogP contribution in [-0.4, -0.2) is 37.0 Å². The molecule has 3 aromatic rings. The molecular weight excluding hydrogens is 352 g/mol. The molecule has 1 aliphatic carbocycles. The fraction of sp³-hybridized carbons (Fsp3) is 0.444. The molecule has 0 spiro atoms. The lowest BCUT2D eigenvalue weighted by molar-refractivity contribution is 0.0953. The molecule has 7 nitrogen and oxygen atoms in total. The van der Waals surface area contributed by atoms with Gasteiger partial charge in [0.1, 0.15) is 0 Å². The van der Waals surface area contributed by atoms with Gasteiger partial charge in [-0.25, -0.2) is 4.98 Å². The number of carbonyl (C=O) groups excluding carboxylic acids is 1. The number of hydrogen-bond donors (Lipinski definition) is 1. The first kappa shape index (κ1) is 17.0. The van der Waals surface area contributed by atoms with Gasteiger partial charge < -0.3 is 5.32 Å². The van der Waals surface area contributed by atoms with Crippen molar-refractivity contribution in [2.24, 2.45) is 7.05 Å². The van der Waals surface area contributed by atoms with Crippen molar-refractivity contribution in [1.82, 2.24) is 29.9 Å². The highest BCUT2D eigenvalue weighted by atomic mass is 35.5. The van der Waals surface area contributed by atoms with Crippen molar-refractivity contribution in [3.63, 3.8) is 0 Å². The monoisotopic (exact) mass is 372 g/mol. The lowest BCUT2D eigenvalue weighted by Gasteiger charge is -2.09. The summed E-state index contributed by atoms with van der Waals surface area (Å²) in [6.45, 7) is 4.84. The van der Waals surface area contributed by atoms with Gasteiger partial charge in [0, 0.05) is 25.2 Å². The van der Waals surface area contributed by atoms with Crippen LogP contribution >= 0.6 is 11.6 Å². The second kappa shape index (κ2) is 6.39. The molecule has 1 amide bonds. The number of fused-ring (bicyclic) bond motifs is 1. The van der Waals surface area contributed by atoms with Crippen molar-refractivity contribution >= 4 is 28.5 Å². The zero-order valence-corrected chi connectivity index (χ0v) is 15.8. The molecule has 1 aliphatic rings. The Kier molecular flexibility index (Phi) is 4.19. The molecule has 3 heterocycles. The summed E-state index contributed by atoms with van der Waals surface area (Å²) in [5.74, 6) is 0.359. The van der Waals surface area contributed by atoms with Crippen molar-refractivity contribution in [2.75, 3.05) is 6.54 Å². The van der Waals surface area contributed by atoms with Gasteiger partial charge in [-0.2, -0.15) is 10.2 Å². The van der Waals surface area contributed by atoms with E-state index in [9.17, 15) is 4.79 Å². The van der Waals surface area contributed by atoms with Crippen molar-refractivity contribution < 1.29 is 4.79 Å². The quantitative estimate of drug-likeness (QED) is 0.747. The Hall–Kier alpha value is -2.41. The van der Waals surface area contributed by atoms with E-state index in [0.29, 0.717) is 29.6 Å². The Balaban J connectivity index is 1.53. The van der Waals surface area contributed by atoms with Gasteiger partial charge in [0.25, 0.3) is 5.91 Å². The molecule has 0 radical (unpaired) electrons. The van der Waals surface area contributed by atoms with Gasteiger partial charge in [-0.1, -0.05) is 11.6 Å². The van der Waals surface area contributed by atoms with Crippen LogP contribution in [0.2, 0.25) is 5.02 Å². The average Bonchev–Trinajstić information content (AvgIpc) is 3.37. The fourth-order valence-corrected chi connectivity index (χ4v) is 3.31. The van der Waals surface area contributed by atoms with Crippen molar-refractivity contribution in [3.8, 4) is 0 Å². The number of amides is 1. The Bertz CT molecular complexity index is 1000. The molecule has 4 rings (SSSR count). The smallest absolute Gasteiger partial charge is 0.252 e. The molecule has 0 atom stereocenters. The molecule has 1 N–H and O–H groups in total. The summed E-state index contributed by atoms with van der Waals surface area (Å²) in [5.41, 5.74) is 4.08. The normalized spacial score (nSPS) is 14.2. The summed E-state index contributed by atoms with van der Waals surface area (Å²) in [6.07, 6.45) is 3.97. The van der Waals surface area contributed by atoms with E-state index >= 15 is 0 Å². The standard InChI is InChI=1S/C18H21ClN6O/c1-10-16(19)11(2)25(23-10)7-6-20-18(26)13-8-15(12-4-5-12)22-17-14(13)9-21-24(17)3/h8-9,12H,4-7H2,1-3H3,(H,20,26). The van der Waals surface area contributed by atoms with Crippen LogP contribution in [0, 0.1) is 13.8 Å². The van der Waals surface area contributed by atoms with Gasteiger partial charge in [0.15, 0.2) is 5.65 Å². The van der Waals surface area contributed by atoms with Crippen LogP contribution in [-0.2, 0) is 13.6 Å². The topological polar surface area (TPSA) is 77.6 Å². The van der Waals surface area contributed by atoms with Gasteiger partial charge in [-0.05, 0) is 32.8 Å². The van der Waals surface area contributed by atoms with Crippen LogP contribution in [0.4, 0.5) is 0 Å². The van der Waals surface area contributed by atoms with Gasteiger partial charge >= 0.3 is 0 Å². The van der Waals surface area contributed by atoms with E-state index in [1.807, 2.05) is 31.6 Å². The Morgan fingerprint density at radius 3 is 2.81 bits per heavy atom. The SMILES string of the molecule is Cc1nn(CCNC(=O)c2cc(C3CC3)nc3c2cnn3C)c(C)c1Cl. The molecule has 3 aromatic heterocycles. The van der Waals surface area contributed by atoms with E-state index in [0.717, 1.165) is 41.0 Å². The number of pyridine rings is 1. The minimum atomic E-state index is -0.111. The number of halogens is 1. The molecule has 26 heavy (non-hydrogen) atoms. The van der Waals surface area contributed by atoms with Gasteiger partial charge in [0.05, 0.1) is 40.1 Å². The predicted molar refractivity (Wildman–Crippen MR) is 99.5 cm³/mol. The van der Waals surface area contributed by atoms with E-state index in [1.54, 1.807) is 10.9 Å². The number of aromatic nitrogens is 5. The van der Waals surface area contributed by atoms with Crippen LogP contribution in [0.15, 0.2) is 12.3 Å². The van der Waals surface area contributed by atoms with Gasteiger partial charge in [-0.3, -0.25) is 14.2 Å². The summed E-state index contributed by atoms with van der Waals surface area (Å²) >= 11 is 6.17. The van der Waals surface area contributed by atoms with E-state index < -0.39 is 0 Å². The second-order valence-electron chi connectivity index (χ2n) is 6.84. The maximum Gasteiger partial charge on any atom is 0.252 e. The summed E-state index contributed by atoms with van der Waals surface area (Å²) < 4.78 is 3.54. The summed E-state index contributed by atoms with van der Waals surface area (Å²) in [6, 6.07) is 1.91. The highest BCUT2D eigenvalue weighted by molar-refractivity contribution is 6.31. The molecule has 0 aliphatic heterocycles. The highest BCUT2D eigenvalue weighted by Crippen LogP contribution is 2.40. The zero-order valence-electron chi connectivity index (χ0n) is 15.1. The maximum absolute atomic E-state index is 12.8. The van der Waals surface area contributed by atoms with Crippen molar-refractivity contribution in [3.05, 3.63) is 39.9 Å². The number of nitrogens with one attached hydrogen (secondary N) is 1. The lowest BCUT2D eigenvalue weighted by Crippen LogP contribution is -2.28. The summed E-state index contributed by atoms with van der Waals surface area (Å²) in [7, 11) is 1.85. The second-order valence-corrected chi connectivity index (χ2v) is 7.22. The molecule has 0 aromatic carbocycles. The third kappa shape index (κ3) is 2.96. The van der Waals surface area contributed by atoms with E-state index in [1.165, 1.54) is 0 Å². The predicted octanol–water partition coefficient (Wildman–Crippen LogP) is 2.74. The zero-order chi connectivity index (χ0) is 18.4. The van der Waals surface area contributed by atoms with Crippen LogP contribution in [0.25, 0.3) is 11.0 Å². The molecule has 0 unspecified atom stereocenters. The average molecular weight is 373 g/mol. The number of hydrogen-bond acceptors (Lipinski definition) is 4. The van der Waals surface area contributed by atoms with Crippen LogP contribution < -0.4 is 5.32 Å². The maximum atomic E-state index is 12.8. The van der Waals surface area contributed by atoms with Crippen LogP contribution in [0.1, 0.15) is 46.2 Å². The first-order chi connectivity index (χ1) is 12.5. The molecule has 1 fully saturated rings. The first-order valence-electron chi connectivity index (χ1n) is 8.76. The number of nitrogens with zero attached hydrogens (tertiary/aromatic N) is 5. The Morgan fingerprint density at radius 2 is 2.15 bits per heavy atom. The van der Waals surface area contributed by atoms with Gasteiger partial charge in [0.2, 0.25) is 0 Å². The fourth-order valence-electron chi connectivity index (χ4n) is 3.17. The van der Waals surface area contributed by atoms with Crippen LogP contribution in [0.3, 0.4) is 0 Å². The van der Waals surface area contributed by atoms with E-state index in [-0.39, 0.29) is 5.91 Å². The minimum absolute atomic E-state index is 0.111. The molecule has 8 heteroatoms. The first-order valence-corrected chi connectivity index (χ1v) is 9.14. The molecule has 136 valence electrons. The third-order valence-corrected chi connectivity index (χ3v) is 5.41. The van der Waals surface area contributed by atoms with Gasteiger partial charge in [-0.15, -0.1) is 0 Å². The number of rotatable bonds is 5. The third-order valence-electron chi connectivity index (χ3n) is 4.87. The molecule has 0 saturated heterocycles. The number of aryl methyl sites for hydroxylation is 2. The van der Waals surface area contributed by atoms with Crippen molar-refractivity contribution in [2.45, 2.75) is 39.2 Å². The Labute approximate surface area is 156 Å². The largest absolute Gasteiger partial charge is 0.350 e. The lowest BCUT2D eigenvalue weighted by atomic mass is 10.1. The van der Waals surface area contributed by atoms with E-state index in [2.05, 4.69) is 20.5 Å². The molecular formula is C18H21ClN6O. The molecule has 1 saturated carbocycles. The van der Waals surface area contributed by atoms with Crippen molar-refractivity contribution in [1.29, 1.82) is 0 Å². The van der Waals surface area contributed by atoms with Crippen LogP contribution in [0.5, 0.6) is 0 Å². The minimum Gasteiger partial charge on any atom is -0.350 e. The summed E-state index contributed by atoms with van der Waals surface area (Å²) in [4.78, 5) is 17.5. The number of carbonyl (C=O) groups is 1. The van der Waals surface area contributed by atoms with E-state index in [4.69, 9.17) is 11.6 Å².